The van der Waals surface area contributed by atoms with Crippen LogP contribution >= 0.6 is 15.9 Å². The lowest BCUT2D eigenvalue weighted by atomic mass is 10.0. The summed E-state index contributed by atoms with van der Waals surface area (Å²) in [5.74, 6) is -0.546. The number of benzene rings is 3. The summed E-state index contributed by atoms with van der Waals surface area (Å²) >= 11 is 3.34. The van der Waals surface area contributed by atoms with Crippen LogP contribution in [0.3, 0.4) is 0 Å². The van der Waals surface area contributed by atoms with Crippen molar-refractivity contribution in [3.05, 3.63) is 82.8 Å². The lowest BCUT2D eigenvalue weighted by Gasteiger charge is -2.14. The lowest BCUT2D eigenvalue weighted by Crippen LogP contribution is -2.35. The molecule has 0 bridgehead atoms. The number of hydrogen-bond acceptors (Lipinski definition) is 4. The predicted molar refractivity (Wildman–Crippen MR) is 128 cm³/mol. The third-order valence-electron chi connectivity index (χ3n) is 4.65. The molecule has 4 N–H and O–H groups in total. The molecule has 0 saturated carbocycles. The van der Waals surface area contributed by atoms with Crippen molar-refractivity contribution in [2.75, 3.05) is 5.32 Å². The highest BCUT2D eigenvalue weighted by atomic mass is 79.9. The Morgan fingerprint density at radius 3 is 2.22 bits per heavy atom. The Morgan fingerprint density at radius 1 is 0.969 bits per heavy atom. The monoisotopic (exact) mass is 515 g/mol. The van der Waals surface area contributed by atoms with Gasteiger partial charge in [0, 0.05) is 33.7 Å². The number of primary sulfonamides is 1. The zero-order valence-corrected chi connectivity index (χ0v) is 19.6. The number of sulfonamides is 1. The SMILES string of the molecule is CC(CC(=O)Nc1ccc(Br)cc1)NC(=O)c1ccc(-c2ccccc2S(N)(=O)=O)cc1. The van der Waals surface area contributed by atoms with Gasteiger partial charge < -0.3 is 10.6 Å². The van der Waals surface area contributed by atoms with Gasteiger partial charge in [0.1, 0.15) is 0 Å². The molecule has 0 aliphatic heterocycles. The Labute approximate surface area is 195 Å². The lowest BCUT2D eigenvalue weighted by molar-refractivity contribution is -0.116. The summed E-state index contributed by atoms with van der Waals surface area (Å²) in [5.41, 5.74) is 2.14. The van der Waals surface area contributed by atoms with Gasteiger partial charge in [0.05, 0.1) is 4.90 Å². The zero-order valence-electron chi connectivity index (χ0n) is 17.2. The Morgan fingerprint density at radius 2 is 1.59 bits per heavy atom. The van der Waals surface area contributed by atoms with E-state index in [1.54, 1.807) is 61.5 Å². The first-order chi connectivity index (χ1) is 15.1. The maximum absolute atomic E-state index is 12.5. The second-order valence-electron chi connectivity index (χ2n) is 7.25. The summed E-state index contributed by atoms with van der Waals surface area (Å²) in [6.07, 6.45) is 0.113. The van der Waals surface area contributed by atoms with Crippen molar-refractivity contribution in [3.8, 4) is 11.1 Å². The van der Waals surface area contributed by atoms with Crippen molar-refractivity contribution >= 4 is 43.5 Å². The molecule has 0 fully saturated rings. The molecular formula is C23H22BrN3O4S. The Hall–Kier alpha value is -3.01. The molecule has 0 aliphatic rings. The first-order valence-corrected chi connectivity index (χ1v) is 12.1. The largest absolute Gasteiger partial charge is 0.349 e. The fraction of sp³-hybridized carbons (Fsp3) is 0.130. The molecule has 32 heavy (non-hydrogen) atoms. The molecule has 2 amide bonds. The van der Waals surface area contributed by atoms with Gasteiger partial charge in [0.25, 0.3) is 5.91 Å². The van der Waals surface area contributed by atoms with Crippen molar-refractivity contribution in [3.63, 3.8) is 0 Å². The van der Waals surface area contributed by atoms with Crippen LogP contribution in [0.1, 0.15) is 23.7 Å². The number of anilines is 1. The standard InChI is InChI=1S/C23H22BrN3O4S/c1-15(14-22(28)27-19-12-10-18(24)11-13-19)26-23(29)17-8-6-16(7-9-17)20-4-2-3-5-21(20)32(25,30)31/h2-13,15H,14H2,1H3,(H,26,29)(H,27,28)(H2,25,30,31). The molecule has 3 aromatic carbocycles. The number of halogens is 1. The van der Waals surface area contributed by atoms with Crippen molar-refractivity contribution in [1.29, 1.82) is 0 Å². The third-order valence-corrected chi connectivity index (χ3v) is 6.15. The number of nitrogens with one attached hydrogen (secondary N) is 2. The summed E-state index contributed by atoms with van der Waals surface area (Å²) in [6, 6.07) is 19.7. The molecule has 0 spiro atoms. The van der Waals surface area contributed by atoms with Crippen LogP contribution in [-0.2, 0) is 14.8 Å². The van der Waals surface area contributed by atoms with Crippen LogP contribution in [0.25, 0.3) is 11.1 Å². The van der Waals surface area contributed by atoms with Gasteiger partial charge in [-0.2, -0.15) is 0 Å². The second-order valence-corrected chi connectivity index (χ2v) is 9.70. The van der Waals surface area contributed by atoms with Gasteiger partial charge in [-0.1, -0.05) is 46.3 Å². The first-order valence-electron chi connectivity index (χ1n) is 9.72. The summed E-state index contributed by atoms with van der Waals surface area (Å²) in [6.45, 7) is 1.75. The van der Waals surface area contributed by atoms with E-state index in [0.717, 1.165) is 4.47 Å². The van der Waals surface area contributed by atoms with Crippen molar-refractivity contribution in [2.24, 2.45) is 5.14 Å². The van der Waals surface area contributed by atoms with E-state index in [-0.39, 0.29) is 29.2 Å². The molecule has 1 unspecified atom stereocenters. The van der Waals surface area contributed by atoms with Crippen molar-refractivity contribution in [2.45, 2.75) is 24.3 Å². The number of amides is 2. The van der Waals surface area contributed by atoms with Crippen LogP contribution in [0.2, 0.25) is 0 Å². The highest BCUT2D eigenvalue weighted by molar-refractivity contribution is 9.10. The van der Waals surface area contributed by atoms with Gasteiger partial charge in [-0.3, -0.25) is 9.59 Å². The van der Waals surface area contributed by atoms with Gasteiger partial charge in [-0.25, -0.2) is 13.6 Å². The van der Waals surface area contributed by atoms with E-state index in [9.17, 15) is 18.0 Å². The summed E-state index contributed by atoms with van der Waals surface area (Å²) in [4.78, 5) is 24.8. The van der Waals surface area contributed by atoms with Gasteiger partial charge in [0.2, 0.25) is 15.9 Å². The van der Waals surface area contributed by atoms with E-state index in [2.05, 4.69) is 26.6 Å². The zero-order chi connectivity index (χ0) is 23.3. The van der Waals surface area contributed by atoms with Gasteiger partial charge in [-0.15, -0.1) is 0 Å². The molecule has 7 nitrogen and oxygen atoms in total. The highest BCUT2D eigenvalue weighted by Gasteiger charge is 2.16. The maximum atomic E-state index is 12.5. The average molecular weight is 516 g/mol. The van der Waals surface area contributed by atoms with Gasteiger partial charge in [0.15, 0.2) is 0 Å². The predicted octanol–water partition coefficient (Wildman–Crippen LogP) is 3.91. The second kappa shape index (κ2) is 10.1. The Balaban J connectivity index is 1.62. The van der Waals surface area contributed by atoms with E-state index in [4.69, 9.17) is 5.14 Å². The average Bonchev–Trinajstić information content (AvgIpc) is 2.74. The van der Waals surface area contributed by atoms with Gasteiger partial charge >= 0.3 is 0 Å². The van der Waals surface area contributed by atoms with Crippen molar-refractivity contribution in [1.82, 2.24) is 5.32 Å². The third kappa shape index (κ3) is 6.25. The normalized spacial score (nSPS) is 12.1. The van der Waals surface area contributed by atoms with Crippen LogP contribution in [0.5, 0.6) is 0 Å². The molecule has 0 aromatic heterocycles. The molecule has 3 rings (SSSR count). The molecule has 0 radical (unpaired) electrons. The van der Waals surface area contributed by atoms with E-state index < -0.39 is 10.0 Å². The Bertz CT molecular complexity index is 1230. The number of rotatable bonds is 7. The smallest absolute Gasteiger partial charge is 0.251 e. The summed E-state index contributed by atoms with van der Waals surface area (Å²) in [5, 5.41) is 10.9. The fourth-order valence-electron chi connectivity index (χ4n) is 3.14. The van der Waals surface area contributed by atoms with Crippen LogP contribution in [0.15, 0.2) is 82.2 Å². The van der Waals surface area contributed by atoms with Crippen LogP contribution in [0.4, 0.5) is 5.69 Å². The van der Waals surface area contributed by atoms with E-state index >= 15 is 0 Å². The van der Waals surface area contributed by atoms with E-state index in [0.29, 0.717) is 22.4 Å². The topological polar surface area (TPSA) is 118 Å². The molecule has 166 valence electrons. The Kier molecular flexibility index (Phi) is 7.44. The van der Waals surface area contributed by atoms with Crippen LogP contribution in [0, 0.1) is 0 Å². The number of carbonyl (C=O) groups excluding carboxylic acids is 2. The number of nitrogens with two attached hydrogens (primary N) is 1. The number of hydrogen-bond donors (Lipinski definition) is 3. The minimum atomic E-state index is -3.88. The van der Waals surface area contributed by atoms with Crippen molar-refractivity contribution < 1.29 is 18.0 Å². The van der Waals surface area contributed by atoms with Crippen LogP contribution < -0.4 is 15.8 Å². The maximum Gasteiger partial charge on any atom is 0.251 e. The quantitative estimate of drug-likeness (QED) is 0.441. The molecule has 1 atom stereocenters. The first kappa shape index (κ1) is 23.6. The molecule has 9 heteroatoms. The van der Waals surface area contributed by atoms with E-state index in [1.807, 2.05) is 12.1 Å². The van der Waals surface area contributed by atoms with Crippen LogP contribution in [-0.4, -0.2) is 26.3 Å². The fourth-order valence-corrected chi connectivity index (χ4v) is 4.16. The van der Waals surface area contributed by atoms with Gasteiger partial charge in [-0.05, 0) is 55.0 Å². The molecule has 0 heterocycles. The minimum absolute atomic E-state index is 0.0163. The van der Waals surface area contributed by atoms with E-state index in [1.165, 1.54) is 6.07 Å². The summed E-state index contributed by atoms with van der Waals surface area (Å²) in [7, 11) is -3.88. The minimum Gasteiger partial charge on any atom is -0.349 e. The molecule has 0 aliphatic carbocycles. The molecule has 3 aromatic rings. The molecule has 0 saturated heterocycles. The summed E-state index contributed by atoms with van der Waals surface area (Å²) < 4.78 is 24.6. The number of carbonyl (C=O) groups is 2. The molecular weight excluding hydrogens is 494 g/mol. The highest BCUT2D eigenvalue weighted by Crippen LogP contribution is 2.26.